The van der Waals surface area contributed by atoms with Crippen molar-refractivity contribution in [3.05, 3.63) is 93.5 Å². The molecule has 0 unspecified atom stereocenters. The Kier molecular flexibility index (Phi) is 10.6. The zero-order valence-electron chi connectivity index (χ0n) is 20.5. The second-order valence-corrected chi connectivity index (χ2v) is 8.82. The van der Waals surface area contributed by atoms with Crippen LogP contribution in [0.1, 0.15) is 38.9 Å². The third-order valence-corrected chi connectivity index (χ3v) is 5.82. The van der Waals surface area contributed by atoms with E-state index in [1.54, 1.807) is 0 Å². The zero-order valence-corrected chi connectivity index (χ0v) is 22.2. The van der Waals surface area contributed by atoms with Crippen LogP contribution in [0.3, 0.4) is 0 Å². The molecule has 0 aromatic heterocycles. The van der Waals surface area contributed by atoms with Gasteiger partial charge in [0.1, 0.15) is 0 Å². The van der Waals surface area contributed by atoms with E-state index in [0.29, 0.717) is 0 Å². The molecule has 0 aliphatic carbocycles. The van der Waals surface area contributed by atoms with Gasteiger partial charge in [0.05, 0.1) is 6.67 Å². The fourth-order valence-corrected chi connectivity index (χ4v) is 4.83. The molecule has 0 N–H and O–H groups in total. The predicted octanol–water partition coefficient (Wildman–Crippen LogP) is 7.66. The molecule has 1 saturated heterocycles. The van der Waals surface area contributed by atoms with Gasteiger partial charge in [-0.25, -0.2) is 0 Å². The van der Waals surface area contributed by atoms with Gasteiger partial charge in [0.15, 0.2) is 0 Å². The SMILES string of the molecule is Cc1cc(C)c(N2CCN(c3c(C)cc(C)cc3C)C2)c(C)c1.Cc1ccccc1.Cl.Cl. The van der Waals surface area contributed by atoms with E-state index in [1.165, 1.54) is 50.3 Å². The van der Waals surface area contributed by atoms with Gasteiger partial charge in [-0.05, 0) is 70.7 Å². The van der Waals surface area contributed by atoms with Crippen LogP contribution in [0.15, 0.2) is 54.6 Å². The van der Waals surface area contributed by atoms with E-state index in [2.05, 4.69) is 94.7 Å². The predicted molar refractivity (Wildman–Crippen MR) is 147 cm³/mol. The highest BCUT2D eigenvalue weighted by Gasteiger charge is 2.25. The normalized spacial score (nSPS) is 12.5. The van der Waals surface area contributed by atoms with E-state index in [1.807, 2.05) is 18.2 Å². The highest BCUT2D eigenvalue weighted by molar-refractivity contribution is 5.85. The third kappa shape index (κ3) is 6.67. The summed E-state index contributed by atoms with van der Waals surface area (Å²) in [6.07, 6.45) is 0. The molecule has 2 nitrogen and oxygen atoms in total. The van der Waals surface area contributed by atoms with Crippen molar-refractivity contribution in [2.75, 3.05) is 29.6 Å². The van der Waals surface area contributed by atoms with E-state index in [-0.39, 0.29) is 24.8 Å². The maximum absolute atomic E-state index is 2.53. The van der Waals surface area contributed by atoms with Crippen LogP contribution in [-0.4, -0.2) is 19.8 Å². The summed E-state index contributed by atoms with van der Waals surface area (Å²) in [6.45, 7) is 18.6. The van der Waals surface area contributed by atoms with Crippen LogP contribution in [0, 0.1) is 48.5 Å². The number of hydrogen-bond donors (Lipinski definition) is 0. The maximum Gasteiger partial charge on any atom is 0.0904 e. The number of hydrogen-bond acceptors (Lipinski definition) is 2. The summed E-state index contributed by atoms with van der Waals surface area (Å²) in [6, 6.07) is 19.5. The lowest BCUT2D eigenvalue weighted by atomic mass is 10.0. The minimum Gasteiger partial charge on any atom is -0.352 e. The third-order valence-electron chi connectivity index (χ3n) is 5.82. The van der Waals surface area contributed by atoms with Crippen molar-refractivity contribution in [2.24, 2.45) is 0 Å². The molecule has 1 aliphatic rings. The van der Waals surface area contributed by atoms with Gasteiger partial charge in [0.25, 0.3) is 0 Å². The Labute approximate surface area is 207 Å². The zero-order chi connectivity index (χ0) is 21.8. The van der Waals surface area contributed by atoms with Crippen LogP contribution in [0.2, 0.25) is 0 Å². The van der Waals surface area contributed by atoms with Crippen molar-refractivity contribution >= 4 is 36.2 Å². The molecule has 1 heterocycles. The highest BCUT2D eigenvalue weighted by Crippen LogP contribution is 2.32. The molecule has 3 aromatic carbocycles. The van der Waals surface area contributed by atoms with Crippen molar-refractivity contribution in [1.82, 2.24) is 0 Å². The fraction of sp³-hybridized carbons (Fsp3) is 0.357. The van der Waals surface area contributed by atoms with Crippen molar-refractivity contribution in [1.29, 1.82) is 0 Å². The topological polar surface area (TPSA) is 6.48 Å². The summed E-state index contributed by atoms with van der Waals surface area (Å²) >= 11 is 0. The number of halogens is 2. The Morgan fingerprint density at radius 1 is 0.500 bits per heavy atom. The number of benzene rings is 3. The Hall–Kier alpha value is -2.16. The van der Waals surface area contributed by atoms with Crippen molar-refractivity contribution in [3.8, 4) is 0 Å². The molecule has 1 aliphatic heterocycles. The molecule has 0 saturated carbocycles. The maximum atomic E-state index is 2.53. The van der Waals surface area contributed by atoms with Crippen LogP contribution < -0.4 is 9.80 Å². The number of aryl methyl sites for hydroxylation is 7. The first kappa shape index (κ1) is 27.9. The average molecular weight is 474 g/mol. The minimum atomic E-state index is 0. The Morgan fingerprint density at radius 2 is 0.844 bits per heavy atom. The van der Waals surface area contributed by atoms with Crippen molar-refractivity contribution in [3.63, 3.8) is 0 Å². The molecule has 174 valence electrons. The van der Waals surface area contributed by atoms with E-state index >= 15 is 0 Å². The van der Waals surface area contributed by atoms with E-state index in [9.17, 15) is 0 Å². The van der Waals surface area contributed by atoms with E-state index < -0.39 is 0 Å². The molecule has 0 spiro atoms. The standard InChI is InChI=1S/C21H28N2.C7H8.2ClH/c1-14-9-16(3)20(17(4)10-14)22-7-8-23(13-22)21-18(5)11-15(2)12-19(21)6;1-7-5-3-2-4-6-7;;/h9-12H,7-8,13H2,1-6H3;2-6H,1H3;2*1H. The summed E-state index contributed by atoms with van der Waals surface area (Å²) in [5, 5.41) is 0. The van der Waals surface area contributed by atoms with Gasteiger partial charge in [-0.2, -0.15) is 0 Å². The van der Waals surface area contributed by atoms with Gasteiger partial charge in [-0.1, -0.05) is 71.3 Å². The lowest BCUT2D eigenvalue weighted by molar-refractivity contribution is 0.930. The molecule has 0 bridgehead atoms. The van der Waals surface area contributed by atoms with Gasteiger partial charge in [0, 0.05) is 24.5 Å². The number of rotatable bonds is 2. The summed E-state index contributed by atoms with van der Waals surface area (Å²) in [5.41, 5.74) is 12.4. The monoisotopic (exact) mass is 472 g/mol. The molecule has 0 atom stereocenters. The average Bonchev–Trinajstić information content (AvgIpc) is 3.10. The Bertz CT molecular complexity index is 906. The molecular formula is C28H38Cl2N2. The van der Waals surface area contributed by atoms with Crippen LogP contribution in [0.25, 0.3) is 0 Å². The van der Waals surface area contributed by atoms with Gasteiger partial charge >= 0.3 is 0 Å². The molecular weight excluding hydrogens is 435 g/mol. The van der Waals surface area contributed by atoms with Crippen molar-refractivity contribution in [2.45, 2.75) is 48.5 Å². The summed E-state index contributed by atoms with van der Waals surface area (Å²) in [7, 11) is 0. The molecule has 32 heavy (non-hydrogen) atoms. The lowest BCUT2D eigenvalue weighted by Crippen LogP contribution is -2.27. The van der Waals surface area contributed by atoms with Crippen molar-refractivity contribution < 1.29 is 0 Å². The van der Waals surface area contributed by atoms with Gasteiger partial charge < -0.3 is 9.80 Å². The first-order chi connectivity index (χ1) is 14.3. The number of nitrogens with zero attached hydrogens (tertiary/aromatic N) is 2. The summed E-state index contributed by atoms with van der Waals surface area (Å²) in [4.78, 5) is 5.06. The van der Waals surface area contributed by atoms with E-state index in [0.717, 1.165) is 19.8 Å². The summed E-state index contributed by atoms with van der Waals surface area (Å²) < 4.78 is 0. The molecule has 4 heteroatoms. The Balaban J connectivity index is 0.000000489. The smallest absolute Gasteiger partial charge is 0.0904 e. The minimum absolute atomic E-state index is 0. The Morgan fingerprint density at radius 3 is 1.12 bits per heavy atom. The molecule has 4 rings (SSSR count). The lowest BCUT2D eigenvalue weighted by Gasteiger charge is -2.26. The van der Waals surface area contributed by atoms with Gasteiger partial charge in [0.2, 0.25) is 0 Å². The van der Waals surface area contributed by atoms with Gasteiger partial charge in [-0.3, -0.25) is 0 Å². The van der Waals surface area contributed by atoms with Crippen LogP contribution >= 0.6 is 24.8 Å². The largest absolute Gasteiger partial charge is 0.352 e. The van der Waals surface area contributed by atoms with Gasteiger partial charge in [-0.15, -0.1) is 24.8 Å². The van der Waals surface area contributed by atoms with Crippen LogP contribution in [-0.2, 0) is 0 Å². The highest BCUT2D eigenvalue weighted by atomic mass is 35.5. The summed E-state index contributed by atoms with van der Waals surface area (Å²) in [5.74, 6) is 0. The second-order valence-electron chi connectivity index (χ2n) is 8.82. The van der Waals surface area contributed by atoms with Crippen LogP contribution in [0.4, 0.5) is 11.4 Å². The number of anilines is 2. The fourth-order valence-electron chi connectivity index (χ4n) is 4.83. The molecule has 1 fully saturated rings. The second kappa shape index (κ2) is 12.2. The quantitative estimate of drug-likeness (QED) is 0.377. The first-order valence-corrected chi connectivity index (χ1v) is 10.9. The van der Waals surface area contributed by atoms with Crippen LogP contribution in [0.5, 0.6) is 0 Å². The molecule has 0 amide bonds. The first-order valence-electron chi connectivity index (χ1n) is 10.9. The molecule has 0 radical (unpaired) electrons. The molecule has 3 aromatic rings. The van der Waals surface area contributed by atoms with E-state index in [4.69, 9.17) is 0 Å².